The third-order valence-corrected chi connectivity index (χ3v) is 7.01. The summed E-state index contributed by atoms with van der Waals surface area (Å²) < 4.78 is 16.2. The van der Waals surface area contributed by atoms with Crippen LogP contribution in [0.3, 0.4) is 0 Å². The van der Waals surface area contributed by atoms with Crippen LogP contribution in [-0.4, -0.2) is 48.0 Å². The summed E-state index contributed by atoms with van der Waals surface area (Å²) in [6, 6.07) is 7.28. The Morgan fingerprint density at radius 3 is 2.30 bits per heavy atom. The van der Waals surface area contributed by atoms with E-state index in [9.17, 15) is 4.79 Å². The molecule has 10 heteroatoms. The van der Waals surface area contributed by atoms with E-state index in [4.69, 9.17) is 42.4 Å². The fraction of sp³-hybridized carbons (Fsp3) is 0.444. The van der Waals surface area contributed by atoms with E-state index in [-0.39, 0.29) is 12.1 Å². The van der Waals surface area contributed by atoms with Crippen molar-refractivity contribution >= 4 is 46.1 Å². The van der Waals surface area contributed by atoms with Gasteiger partial charge in [0.25, 0.3) is 0 Å². The molecule has 0 spiro atoms. The molecule has 2 N–H and O–H groups in total. The maximum atomic E-state index is 12.3. The molecule has 3 atom stereocenters. The predicted molar refractivity (Wildman–Crippen MR) is 147 cm³/mol. The van der Waals surface area contributed by atoms with Gasteiger partial charge in [0.15, 0.2) is 0 Å². The number of halogens is 2. The molecule has 1 saturated carbocycles. The van der Waals surface area contributed by atoms with Gasteiger partial charge < -0.3 is 24.8 Å². The number of rotatable bonds is 6. The molecule has 0 aliphatic heterocycles. The molecule has 198 valence electrons. The molecule has 1 heterocycles. The van der Waals surface area contributed by atoms with Crippen molar-refractivity contribution in [2.45, 2.75) is 58.2 Å². The number of benzene rings is 2. The van der Waals surface area contributed by atoms with Crippen molar-refractivity contribution < 1.29 is 19.0 Å². The molecule has 2 aromatic carbocycles. The SMILES string of the molecule is COc1cc(OC)c(Cl)c(-c2ccc3nc(NC4C[C@H](C)C[C@@H]4NC(=O)OC(C)(C)C)ncc3c2)c1Cl. The molecule has 1 amide bonds. The van der Waals surface area contributed by atoms with Gasteiger partial charge in [-0.05, 0) is 57.2 Å². The van der Waals surface area contributed by atoms with Gasteiger partial charge in [-0.15, -0.1) is 0 Å². The van der Waals surface area contributed by atoms with Gasteiger partial charge in [-0.25, -0.2) is 14.8 Å². The van der Waals surface area contributed by atoms with Crippen LogP contribution < -0.4 is 20.1 Å². The average Bonchev–Trinajstić information content (AvgIpc) is 3.16. The topological polar surface area (TPSA) is 94.6 Å². The van der Waals surface area contributed by atoms with Crippen molar-refractivity contribution in [3.05, 3.63) is 40.5 Å². The van der Waals surface area contributed by atoms with E-state index < -0.39 is 11.7 Å². The van der Waals surface area contributed by atoms with Gasteiger partial charge in [0.1, 0.15) is 17.1 Å². The Kier molecular flexibility index (Phi) is 7.90. The first-order valence-corrected chi connectivity index (χ1v) is 12.9. The summed E-state index contributed by atoms with van der Waals surface area (Å²) in [5.74, 6) is 1.87. The lowest BCUT2D eigenvalue weighted by atomic mass is 10.0. The molecule has 37 heavy (non-hydrogen) atoms. The van der Waals surface area contributed by atoms with E-state index in [1.165, 1.54) is 0 Å². The molecule has 1 aromatic heterocycles. The Bertz CT molecular complexity index is 1280. The van der Waals surface area contributed by atoms with Crippen molar-refractivity contribution in [1.82, 2.24) is 15.3 Å². The van der Waals surface area contributed by atoms with Crippen molar-refractivity contribution in [3.63, 3.8) is 0 Å². The van der Waals surface area contributed by atoms with Crippen LogP contribution in [0, 0.1) is 5.92 Å². The number of fused-ring (bicyclic) bond motifs is 1. The lowest BCUT2D eigenvalue weighted by molar-refractivity contribution is 0.0502. The van der Waals surface area contributed by atoms with Gasteiger partial charge in [-0.1, -0.05) is 36.2 Å². The summed E-state index contributed by atoms with van der Waals surface area (Å²) >= 11 is 13.2. The Labute approximate surface area is 227 Å². The highest BCUT2D eigenvalue weighted by atomic mass is 35.5. The van der Waals surface area contributed by atoms with Gasteiger partial charge >= 0.3 is 6.09 Å². The van der Waals surface area contributed by atoms with E-state index >= 15 is 0 Å². The number of amides is 1. The maximum absolute atomic E-state index is 12.3. The van der Waals surface area contributed by atoms with Gasteiger partial charge in [0.2, 0.25) is 5.95 Å². The van der Waals surface area contributed by atoms with Gasteiger partial charge in [-0.2, -0.15) is 0 Å². The predicted octanol–water partition coefficient (Wildman–Crippen LogP) is 6.72. The minimum absolute atomic E-state index is 0.0129. The number of anilines is 1. The second-order valence-corrected chi connectivity index (χ2v) is 11.1. The van der Waals surface area contributed by atoms with Crippen LogP contribution in [0.2, 0.25) is 10.0 Å². The van der Waals surface area contributed by atoms with Crippen LogP contribution in [0.4, 0.5) is 10.7 Å². The Morgan fingerprint density at radius 1 is 1.03 bits per heavy atom. The highest BCUT2D eigenvalue weighted by molar-refractivity contribution is 6.41. The molecule has 4 rings (SSSR count). The van der Waals surface area contributed by atoms with Crippen molar-refractivity contribution in [2.24, 2.45) is 5.92 Å². The maximum Gasteiger partial charge on any atom is 0.407 e. The number of hydrogen-bond acceptors (Lipinski definition) is 7. The van der Waals surface area contributed by atoms with Crippen LogP contribution in [-0.2, 0) is 4.74 Å². The smallest absolute Gasteiger partial charge is 0.407 e. The van der Waals surface area contributed by atoms with Crippen LogP contribution in [0.25, 0.3) is 22.0 Å². The summed E-state index contributed by atoms with van der Waals surface area (Å²) in [5, 5.41) is 8.02. The normalized spacial score (nSPS) is 19.5. The molecule has 1 unspecified atom stereocenters. The number of aromatic nitrogens is 2. The zero-order valence-corrected chi connectivity index (χ0v) is 23.3. The van der Waals surface area contributed by atoms with Crippen molar-refractivity contribution in [1.29, 1.82) is 0 Å². The van der Waals surface area contributed by atoms with E-state index in [0.717, 1.165) is 29.3 Å². The number of nitrogens with one attached hydrogen (secondary N) is 2. The summed E-state index contributed by atoms with van der Waals surface area (Å²) in [6.45, 7) is 7.71. The first-order valence-electron chi connectivity index (χ1n) is 12.1. The average molecular weight is 547 g/mol. The fourth-order valence-electron chi connectivity index (χ4n) is 4.63. The largest absolute Gasteiger partial charge is 0.495 e. The quantitative estimate of drug-likeness (QED) is 0.354. The highest BCUT2D eigenvalue weighted by Crippen LogP contribution is 2.46. The van der Waals surface area contributed by atoms with E-state index in [0.29, 0.717) is 39.0 Å². The molecule has 8 nitrogen and oxygen atoms in total. The lowest BCUT2D eigenvalue weighted by Gasteiger charge is -2.25. The number of hydrogen-bond donors (Lipinski definition) is 2. The van der Waals surface area contributed by atoms with E-state index in [1.807, 2.05) is 39.0 Å². The third-order valence-electron chi connectivity index (χ3n) is 6.26. The van der Waals surface area contributed by atoms with Crippen molar-refractivity contribution in [3.8, 4) is 22.6 Å². The van der Waals surface area contributed by atoms with E-state index in [1.54, 1.807) is 26.5 Å². The minimum Gasteiger partial charge on any atom is -0.495 e. The Morgan fingerprint density at radius 2 is 1.68 bits per heavy atom. The van der Waals surface area contributed by atoms with Gasteiger partial charge in [-0.3, -0.25) is 0 Å². The number of carbonyl (C=O) groups is 1. The van der Waals surface area contributed by atoms with Gasteiger partial charge in [0, 0.05) is 29.3 Å². The molecular formula is C27H32Cl2N4O4. The molecular weight excluding hydrogens is 515 g/mol. The molecule has 0 saturated heterocycles. The second kappa shape index (κ2) is 10.8. The number of methoxy groups -OCH3 is 2. The zero-order valence-electron chi connectivity index (χ0n) is 21.8. The summed E-state index contributed by atoms with van der Waals surface area (Å²) in [6.07, 6.45) is 3.06. The minimum atomic E-state index is -0.554. The molecule has 0 radical (unpaired) electrons. The highest BCUT2D eigenvalue weighted by Gasteiger charge is 2.34. The monoisotopic (exact) mass is 546 g/mol. The molecule has 1 aliphatic rings. The first-order chi connectivity index (χ1) is 17.5. The van der Waals surface area contributed by atoms with E-state index in [2.05, 4.69) is 22.5 Å². The number of ether oxygens (including phenoxy) is 3. The molecule has 1 aliphatic carbocycles. The Hall–Kier alpha value is -2.97. The number of nitrogens with zero attached hydrogens (tertiary/aromatic N) is 2. The third kappa shape index (κ3) is 6.13. The van der Waals surface area contributed by atoms with Crippen LogP contribution in [0.15, 0.2) is 30.5 Å². The Balaban J connectivity index is 1.57. The van der Waals surface area contributed by atoms with Crippen molar-refractivity contribution in [2.75, 3.05) is 19.5 Å². The number of alkyl carbamates (subject to hydrolysis) is 1. The first kappa shape index (κ1) is 27.1. The van der Waals surface area contributed by atoms with Crippen LogP contribution >= 0.6 is 23.2 Å². The number of carbonyl (C=O) groups excluding carboxylic acids is 1. The van der Waals surface area contributed by atoms with Crippen LogP contribution in [0.1, 0.15) is 40.5 Å². The standard InChI is InChI=1S/C27H32Cl2N4O4/c1-14-9-18(19(10-14)33-26(34)37-27(2,3)4)32-25-30-13-16-11-15(7-8-17(16)31-25)22-23(28)20(35-5)12-21(36-6)24(22)29/h7-8,11-14,18-19H,9-10H2,1-6H3,(H,33,34)(H,30,31,32)/t14-,18?,19-/m0/s1. The zero-order chi connectivity index (χ0) is 26.9. The fourth-order valence-corrected chi connectivity index (χ4v) is 5.35. The molecule has 0 bridgehead atoms. The van der Waals surface area contributed by atoms with Gasteiger partial charge in [0.05, 0.1) is 35.8 Å². The lowest BCUT2D eigenvalue weighted by Crippen LogP contribution is -2.45. The molecule has 1 fully saturated rings. The second-order valence-electron chi connectivity index (χ2n) is 10.3. The summed E-state index contributed by atoms with van der Waals surface area (Å²) in [4.78, 5) is 21.6. The molecule has 3 aromatic rings. The summed E-state index contributed by atoms with van der Waals surface area (Å²) in [7, 11) is 3.08. The summed E-state index contributed by atoms with van der Waals surface area (Å²) in [5.41, 5.74) is 1.60. The van der Waals surface area contributed by atoms with Crippen LogP contribution in [0.5, 0.6) is 11.5 Å².